The van der Waals surface area contributed by atoms with Gasteiger partial charge in [-0.1, -0.05) is 0 Å². The second-order valence-electron chi connectivity index (χ2n) is 4.21. The van der Waals surface area contributed by atoms with Gasteiger partial charge in [0.1, 0.15) is 0 Å². The summed E-state index contributed by atoms with van der Waals surface area (Å²) in [6.07, 6.45) is 1.66. The molecule has 0 aromatic carbocycles. The minimum absolute atomic E-state index is 0.0106. The fourth-order valence-corrected chi connectivity index (χ4v) is 1.44. The molecule has 0 aliphatic carbocycles. The highest BCUT2D eigenvalue weighted by atomic mass is 16.5. The van der Waals surface area contributed by atoms with Crippen molar-refractivity contribution in [3.05, 3.63) is 5.89 Å². The monoisotopic (exact) mass is 239 g/mol. The number of carbonyl (C=O) groups excluding carboxylic acids is 1. The number of nitrogens with one attached hydrogen (secondary N) is 1. The molecule has 2 heterocycles. The predicted molar refractivity (Wildman–Crippen MR) is 61.9 cm³/mol. The van der Waals surface area contributed by atoms with Crippen LogP contribution in [0.2, 0.25) is 0 Å². The number of carbonyl (C=O) groups is 1. The smallest absolute Gasteiger partial charge is 0.317 e. The van der Waals surface area contributed by atoms with E-state index < -0.39 is 0 Å². The predicted octanol–water partition coefficient (Wildman–Crippen LogP) is 0.0934. The van der Waals surface area contributed by atoms with Gasteiger partial charge >= 0.3 is 6.03 Å². The van der Waals surface area contributed by atoms with Crippen molar-refractivity contribution in [3.63, 3.8) is 0 Å². The topological polar surface area (TPSA) is 74.5 Å². The Bertz CT molecular complexity index is 386. The van der Waals surface area contributed by atoms with Gasteiger partial charge in [-0.05, 0) is 11.6 Å². The largest absolute Gasteiger partial charge is 0.344 e. The molecule has 7 heteroatoms. The Morgan fingerprint density at radius 3 is 2.82 bits per heavy atom. The summed E-state index contributed by atoms with van der Waals surface area (Å²) in [4.78, 5) is 19.2. The highest BCUT2D eigenvalue weighted by Crippen LogP contribution is 2.06. The third kappa shape index (κ3) is 2.86. The van der Waals surface area contributed by atoms with E-state index in [1.807, 2.05) is 14.1 Å². The Kier molecular flexibility index (Phi) is 3.46. The van der Waals surface area contributed by atoms with E-state index in [0.29, 0.717) is 24.8 Å². The number of hydrogen-bond acceptors (Lipinski definition) is 5. The maximum absolute atomic E-state index is 11.5. The lowest BCUT2D eigenvalue weighted by Gasteiger charge is -2.30. The van der Waals surface area contributed by atoms with Crippen molar-refractivity contribution >= 4 is 12.0 Å². The van der Waals surface area contributed by atoms with Crippen LogP contribution in [0.1, 0.15) is 12.3 Å². The zero-order valence-corrected chi connectivity index (χ0v) is 10.1. The van der Waals surface area contributed by atoms with Crippen LogP contribution >= 0.6 is 0 Å². The molecular weight excluding hydrogens is 222 g/mol. The molecule has 1 aromatic heterocycles. The number of nitrogens with zero attached hydrogens (tertiary/aromatic N) is 4. The molecule has 0 bridgehead atoms. The Morgan fingerprint density at radius 2 is 2.29 bits per heavy atom. The van der Waals surface area contributed by atoms with Crippen LogP contribution in [0.3, 0.4) is 0 Å². The summed E-state index contributed by atoms with van der Waals surface area (Å²) >= 11 is 0. The lowest BCUT2D eigenvalue weighted by Crippen LogP contribution is -2.48. The van der Waals surface area contributed by atoms with E-state index >= 15 is 0 Å². The maximum atomic E-state index is 11.5. The number of rotatable bonds is 4. The third-order valence-corrected chi connectivity index (χ3v) is 2.62. The van der Waals surface area contributed by atoms with E-state index in [-0.39, 0.29) is 6.03 Å². The standard InChI is InChI=1S/C10H17N5O2/c1-14(2)9-12-8(17-13-9)4-5-11-10(16)15-6-3-7-15/h3-7H2,1-2H3,(H,11,16). The molecule has 0 atom stereocenters. The Morgan fingerprint density at radius 1 is 1.53 bits per heavy atom. The molecule has 1 aliphatic rings. The summed E-state index contributed by atoms with van der Waals surface area (Å²) < 4.78 is 5.04. The van der Waals surface area contributed by atoms with E-state index in [9.17, 15) is 4.79 Å². The Balaban J connectivity index is 1.71. The minimum Gasteiger partial charge on any atom is -0.344 e. The van der Waals surface area contributed by atoms with Gasteiger partial charge in [-0.2, -0.15) is 4.98 Å². The molecular formula is C10H17N5O2. The van der Waals surface area contributed by atoms with Crippen LogP contribution in [0, 0.1) is 0 Å². The molecule has 0 spiro atoms. The van der Waals surface area contributed by atoms with Gasteiger partial charge < -0.3 is 19.6 Å². The first-order valence-electron chi connectivity index (χ1n) is 5.69. The first-order valence-corrected chi connectivity index (χ1v) is 5.69. The van der Waals surface area contributed by atoms with Crippen LogP contribution in [-0.4, -0.2) is 54.8 Å². The molecule has 1 saturated heterocycles. The van der Waals surface area contributed by atoms with Crippen molar-refractivity contribution in [3.8, 4) is 0 Å². The van der Waals surface area contributed by atoms with E-state index in [1.54, 1.807) is 9.80 Å². The van der Waals surface area contributed by atoms with E-state index in [1.165, 1.54) is 0 Å². The zero-order chi connectivity index (χ0) is 12.3. The Hall–Kier alpha value is -1.79. The molecule has 94 valence electrons. The number of aromatic nitrogens is 2. The first kappa shape index (κ1) is 11.7. The van der Waals surface area contributed by atoms with Crippen molar-refractivity contribution < 1.29 is 9.32 Å². The minimum atomic E-state index is -0.0106. The Labute approximate surface area is 99.8 Å². The summed E-state index contributed by atoms with van der Waals surface area (Å²) in [5, 5.41) is 6.61. The normalized spacial score (nSPS) is 14.4. The average Bonchev–Trinajstić information content (AvgIpc) is 2.63. The second-order valence-corrected chi connectivity index (χ2v) is 4.21. The van der Waals surface area contributed by atoms with E-state index in [0.717, 1.165) is 19.5 Å². The molecule has 0 radical (unpaired) electrons. The van der Waals surface area contributed by atoms with Gasteiger partial charge in [0, 0.05) is 40.2 Å². The number of anilines is 1. The molecule has 2 rings (SSSR count). The van der Waals surface area contributed by atoms with Crippen molar-refractivity contribution in [2.45, 2.75) is 12.8 Å². The number of amides is 2. The SMILES string of the molecule is CN(C)c1noc(CCNC(=O)N2CCC2)n1. The van der Waals surface area contributed by atoms with Crippen molar-refractivity contribution in [1.29, 1.82) is 0 Å². The number of likely N-dealkylation sites (tertiary alicyclic amines) is 1. The zero-order valence-electron chi connectivity index (χ0n) is 10.1. The average molecular weight is 239 g/mol. The van der Waals surface area contributed by atoms with Crippen LogP contribution in [0.5, 0.6) is 0 Å². The lowest BCUT2D eigenvalue weighted by atomic mass is 10.2. The number of urea groups is 1. The van der Waals surface area contributed by atoms with E-state index in [4.69, 9.17) is 4.52 Å². The van der Waals surface area contributed by atoms with Crippen LogP contribution < -0.4 is 10.2 Å². The quantitative estimate of drug-likeness (QED) is 0.806. The van der Waals surface area contributed by atoms with Crippen LogP contribution in [0.25, 0.3) is 0 Å². The summed E-state index contributed by atoms with van der Waals surface area (Å²) in [6.45, 7) is 2.23. The molecule has 0 unspecified atom stereocenters. The number of hydrogen-bond donors (Lipinski definition) is 1. The van der Waals surface area contributed by atoms with Crippen molar-refractivity contribution in [2.75, 3.05) is 38.6 Å². The molecule has 7 nitrogen and oxygen atoms in total. The highest BCUT2D eigenvalue weighted by Gasteiger charge is 2.19. The molecule has 1 N–H and O–H groups in total. The van der Waals surface area contributed by atoms with Crippen molar-refractivity contribution in [2.24, 2.45) is 0 Å². The van der Waals surface area contributed by atoms with Gasteiger partial charge in [-0.25, -0.2) is 4.79 Å². The molecule has 0 saturated carbocycles. The fraction of sp³-hybridized carbons (Fsp3) is 0.700. The van der Waals surface area contributed by atoms with Crippen LogP contribution in [0.15, 0.2) is 4.52 Å². The van der Waals surface area contributed by atoms with Gasteiger partial charge in [0.05, 0.1) is 0 Å². The molecule has 1 aliphatic heterocycles. The molecule has 17 heavy (non-hydrogen) atoms. The van der Waals surface area contributed by atoms with Gasteiger partial charge in [0.2, 0.25) is 5.89 Å². The lowest BCUT2D eigenvalue weighted by molar-refractivity contribution is 0.167. The highest BCUT2D eigenvalue weighted by molar-refractivity contribution is 5.74. The fourth-order valence-electron chi connectivity index (χ4n) is 1.44. The van der Waals surface area contributed by atoms with Crippen molar-refractivity contribution in [1.82, 2.24) is 20.4 Å². The molecule has 1 fully saturated rings. The summed E-state index contributed by atoms with van der Waals surface area (Å²) in [5.74, 6) is 1.09. The summed E-state index contributed by atoms with van der Waals surface area (Å²) in [6, 6.07) is -0.0106. The van der Waals surface area contributed by atoms with Gasteiger partial charge in [-0.15, -0.1) is 0 Å². The summed E-state index contributed by atoms with van der Waals surface area (Å²) in [7, 11) is 3.70. The van der Waals surface area contributed by atoms with E-state index in [2.05, 4.69) is 15.5 Å². The maximum Gasteiger partial charge on any atom is 0.317 e. The molecule has 2 amide bonds. The molecule has 1 aromatic rings. The van der Waals surface area contributed by atoms with Crippen LogP contribution in [-0.2, 0) is 6.42 Å². The van der Waals surface area contributed by atoms with Gasteiger partial charge in [-0.3, -0.25) is 0 Å². The van der Waals surface area contributed by atoms with Gasteiger partial charge in [0.15, 0.2) is 0 Å². The summed E-state index contributed by atoms with van der Waals surface area (Å²) in [5.41, 5.74) is 0. The third-order valence-electron chi connectivity index (χ3n) is 2.62. The second kappa shape index (κ2) is 5.03. The van der Waals surface area contributed by atoms with Crippen LogP contribution in [0.4, 0.5) is 10.7 Å². The van der Waals surface area contributed by atoms with Gasteiger partial charge in [0.25, 0.3) is 5.95 Å². The first-order chi connectivity index (χ1) is 8.16.